The van der Waals surface area contributed by atoms with Crippen LogP contribution in [0.25, 0.3) is 0 Å². The van der Waals surface area contributed by atoms with E-state index in [4.69, 9.17) is 0 Å². The molecule has 8 heteroatoms. The van der Waals surface area contributed by atoms with Crippen LogP contribution in [0.15, 0.2) is 114 Å². The Morgan fingerprint density at radius 3 is 1.93 bits per heavy atom. The highest BCUT2D eigenvalue weighted by Gasteiger charge is 2.34. The van der Waals surface area contributed by atoms with Crippen LogP contribution in [0.3, 0.4) is 0 Å². The zero-order valence-electron chi connectivity index (χ0n) is 25.1. The van der Waals surface area contributed by atoms with E-state index < -0.39 is 28.5 Å². The van der Waals surface area contributed by atoms with Crippen LogP contribution in [0, 0.1) is 13.8 Å². The number of rotatable bonds is 12. The molecule has 4 aromatic carbocycles. The molecule has 1 N–H and O–H groups in total. The third kappa shape index (κ3) is 8.32. The zero-order chi connectivity index (χ0) is 31.0. The lowest BCUT2D eigenvalue weighted by Crippen LogP contribution is -2.54. The molecule has 2 amide bonds. The second kappa shape index (κ2) is 14.2. The van der Waals surface area contributed by atoms with Crippen LogP contribution in [0.5, 0.6) is 0 Å². The average Bonchev–Trinajstić information content (AvgIpc) is 2.98. The summed E-state index contributed by atoms with van der Waals surface area (Å²) in [7, 11) is -4.12. The summed E-state index contributed by atoms with van der Waals surface area (Å²) in [5, 5.41) is 2.98. The molecule has 0 aliphatic rings. The van der Waals surface area contributed by atoms with Gasteiger partial charge in [0.25, 0.3) is 10.0 Å². The van der Waals surface area contributed by atoms with Crippen molar-refractivity contribution in [1.82, 2.24) is 10.2 Å². The summed E-state index contributed by atoms with van der Waals surface area (Å²) >= 11 is 0. The highest BCUT2D eigenvalue weighted by Crippen LogP contribution is 2.26. The van der Waals surface area contributed by atoms with Gasteiger partial charge in [-0.2, -0.15) is 0 Å². The van der Waals surface area contributed by atoms with E-state index >= 15 is 0 Å². The summed E-state index contributed by atoms with van der Waals surface area (Å²) in [4.78, 5) is 29.8. The first-order valence-electron chi connectivity index (χ1n) is 14.4. The predicted octanol–water partition coefficient (Wildman–Crippen LogP) is 5.66. The van der Waals surface area contributed by atoms with E-state index in [1.807, 2.05) is 88.4 Å². The van der Waals surface area contributed by atoms with E-state index in [0.717, 1.165) is 26.6 Å². The van der Waals surface area contributed by atoms with E-state index in [9.17, 15) is 18.0 Å². The highest BCUT2D eigenvalue weighted by atomic mass is 32.2. The number of benzene rings is 4. The maximum absolute atomic E-state index is 14.4. The molecule has 0 radical (unpaired) electrons. The van der Waals surface area contributed by atoms with Gasteiger partial charge in [0.1, 0.15) is 12.6 Å². The molecule has 0 bridgehead atoms. The molecule has 0 aliphatic heterocycles. The first kappa shape index (κ1) is 31.5. The second-order valence-electron chi connectivity index (χ2n) is 11.0. The van der Waals surface area contributed by atoms with Crippen LogP contribution in [0.1, 0.15) is 36.1 Å². The van der Waals surface area contributed by atoms with Gasteiger partial charge in [0.15, 0.2) is 0 Å². The molecular formula is C35H39N3O4S. The number of hydrogen-bond donors (Lipinski definition) is 1. The Hall–Kier alpha value is -4.43. The fraction of sp³-hybridized carbons (Fsp3) is 0.257. The Kier molecular flexibility index (Phi) is 10.4. The molecule has 0 fully saturated rings. The minimum atomic E-state index is -4.12. The van der Waals surface area contributed by atoms with Gasteiger partial charge in [-0.1, -0.05) is 90.5 Å². The molecule has 0 saturated heterocycles. The van der Waals surface area contributed by atoms with Crippen LogP contribution in [-0.4, -0.2) is 43.8 Å². The Bertz CT molecular complexity index is 1640. The van der Waals surface area contributed by atoms with Gasteiger partial charge in [0, 0.05) is 19.0 Å². The molecule has 4 rings (SSSR count). The third-order valence-electron chi connectivity index (χ3n) is 7.04. The zero-order valence-corrected chi connectivity index (χ0v) is 25.9. The molecule has 4 aromatic rings. The predicted molar refractivity (Wildman–Crippen MR) is 171 cm³/mol. The number of carbonyl (C=O) groups excluding carboxylic acids is 2. The maximum atomic E-state index is 14.4. The Morgan fingerprint density at radius 2 is 1.33 bits per heavy atom. The van der Waals surface area contributed by atoms with Crippen LogP contribution < -0.4 is 9.62 Å². The quantitative estimate of drug-likeness (QED) is 0.228. The standard InChI is InChI=1S/C35H39N3O4S/c1-26(2)36-35(40)33(23-29-15-7-5-8-16-29)37(24-30-17-11-13-27(3)21-30)34(39)25-38(31-18-12-14-28(4)22-31)43(41,42)32-19-9-6-10-20-32/h5-22,26,33H,23-25H2,1-4H3,(H,36,40)/t33-/m0/s1. The smallest absolute Gasteiger partial charge is 0.264 e. The van der Waals surface area contributed by atoms with E-state index in [1.54, 1.807) is 36.4 Å². The fourth-order valence-electron chi connectivity index (χ4n) is 4.97. The van der Waals surface area contributed by atoms with Gasteiger partial charge in [-0.15, -0.1) is 0 Å². The number of hydrogen-bond acceptors (Lipinski definition) is 4. The summed E-state index contributed by atoms with van der Waals surface area (Å²) in [6.07, 6.45) is 0.271. The molecule has 0 heterocycles. The SMILES string of the molecule is Cc1cccc(CN(C(=O)CN(c2cccc(C)c2)S(=O)(=O)c2ccccc2)[C@@H](Cc2ccccc2)C(=O)NC(C)C)c1. The lowest BCUT2D eigenvalue weighted by molar-refractivity contribution is -0.140. The number of nitrogens with zero attached hydrogens (tertiary/aromatic N) is 2. The number of anilines is 1. The molecule has 0 unspecified atom stereocenters. The van der Waals surface area contributed by atoms with Crippen LogP contribution in [-0.2, 0) is 32.6 Å². The minimum Gasteiger partial charge on any atom is -0.352 e. The summed E-state index contributed by atoms with van der Waals surface area (Å²) in [5.41, 5.74) is 3.98. The van der Waals surface area contributed by atoms with Gasteiger partial charge in [-0.05, 0) is 68.7 Å². The molecule has 1 atom stereocenters. The lowest BCUT2D eigenvalue weighted by Gasteiger charge is -2.34. The number of sulfonamides is 1. The van der Waals surface area contributed by atoms with Crippen LogP contribution in [0.2, 0.25) is 0 Å². The average molecular weight is 598 g/mol. The molecule has 0 aliphatic carbocycles. The van der Waals surface area contributed by atoms with Crippen molar-refractivity contribution in [2.45, 2.75) is 57.6 Å². The monoisotopic (exact) mass is 597 g/mol. The molecule has 0 aromatic heterocycles. The van der Waals surface area contributed by atoms with Crippen LogP contribution in [0.4, 0.5) is 5.69 Å². The molecule has 43 heavy (non-hydrogen) atoms. The van der Waals surface area contributed by atoms with Crippen molar-refractivity contribution in [3.8, 4) is 0 Å². The van der Waals surface area contributed by atoms with E-state index in [0.29, 0.717) is 5.69 Å². The van der Waals surface area contributed by atoms with Gasteiger partial charge in [0.05, 0.1) is 10.6 Å². The van der Waals surface area contributed by atoms with Crippen molar-refractivity contribution >= 4 is 27.5 Å². The van der Waals surface area contributed by atoms with Crippen molar-refractivity contribution in [2.75, 3.05) is 10.8 Å². The number of aryl methyl sites for hydroxylation is 2. The van der Waals surface area contributed by atoms with Crippen molar-refractivity contribution in [3.05, 3.63) is 131 Å². The molecule has 0 spiro atoms. The van der Waals surface area contributed by atoms with Gasteiger partial charge in [-0.3, -0.25) is 13.9 Å². The van der Waals surface area contributed by atoms with Gasteiger partial charge >= 0.3 is 0 Å². The maximum Gasteiger partial charge on any atom is 0.264 e. The Labute approximate surface area is 255 Å². The normalized spacial score (nSPS) is 12.0. The molecule has 0 saturated carbocycles. The first-order valence-corrected chi connectivity index (χ1v) is 15.8. The van der Waals surface area contributed by atoms with Crippen molar-refractivity contribution in [3.63, 3.8) is 0 Å². The highest BCUT2D eigenvalue weighted by molar-refractivity contribution is 7.92. The van der Waals surface area contributed by atoms with Crippen LogP contribution >= 0.6 is 0 Å². The summed E-state index contributed by atoms with van der Waals surface area (Å²) < 4.78 is 29.2. The van der Waals surface area contributed by atoms with Gasteiger partial charge in [-0.25, -0.2) is 8.42 Å². The topological polar surface area (TPSA) is 86.8 Å². The fourth-order valence-corrected chi connectivity index (χ4v) is 6.40. The number of amides is 2. The van der Waals surface area contributed by atoms with E-state index in [-0.39, 0.29) is 29.8 Å². The summed E-state index contributed by atoms with van der Waals surface area (Å²) in [6.45, 7) is 7.23. The molecular weight excluding hydrogens is 558 g/mol. The Balaban J connectivity index is 1.80. The van der Waals surface area contributed by atoms with Crippen molar-refractivity contribution < 1.29 is 18.0 Å². The second-order valence-corrected chi connectivity index (χ2v) is 12.9. The van der Waals surface area contributed by atoms with E-state index in [2.05, 4.69) is 5.32 Å². The van der Waals surface area contributed by atoms with Crippen molar-refractivity contribution in [2.24, 2.45) is 0 Å². The summed E-state index contributed by atoms with van der Waals surface area (Å²) in [6, 6.07) is 31.4. The van der Waals surface area contributed by atoms with Gasteiger partial charge in [0.2, 0.25) is 11.8 Å². The van der Waals surface area contributed by atoms with Crippen molar-refractivity contribution in [1.29, 1.82) is 0 Å². The number of carbonyl (C=O) groups is 2. The van der Waals surface area contributed by atoms with Gasteiger partial charge < -0.3 is 10.2 Å². The molecule has 224 valence electrons. The number of nitrogens with one attached hydrogen (secondary N) is 1. The summed E-state index contributed by atoms with van der Waals surface area (Å²) in [5.74, 6) is -0.782. The largest absolute Gasteiger partial charge is 0.352 e. The van der Waals surface area contributed by atoms with E-state index in [1.165, 1.54) is 17.0 Å². The first-order chi connectivity index (χ1) is 20.5. The minimum absolute atomic E-state index is 0.0768. The Morgan fingerprint density at radius 1 is 0.744 bits per heavy atom. The third-order valence-corrected chi connectivity index (χ3v) is 8.83. The molecule has 7 nitrogen and oxygen atoms in total. The lowest BCUT2D eigenvalue weighted by atomic mass is 10.0.